The molecule has 2 saturated carbocycles. The normalized spacial score (nSPS) is 28.2. The summed E-state index contributed by atoms with van der Waals surface area (Å²) in [7, 11) is -1.01. The van der Waals surface area contributed by atoms with Gasteiger partial charge in [0.2, 0.25) is 0 Å². The fourth-order valence-electron chi connectivity index (χ4n) is 8.95. The minimum absolute atomic E-state index is 0.000969. The Balaban J connectivity index is 1.46. The van der Waals surface area contributed by atoms with E-state index in [4.69, 9.17) is 29.5 Å². The summed E-state index contributed by atoms with van der Waals surface area (Å²) >= 11 is 0. The van der Waals surface area contributed by atoms with E-state index in [2.05, 4.69) is 135 Å². The lowest BCUT2D eigenvalue weighted by molar-refractivity contribution is -0.123. The Bertz CT molecular complexity index is 1710. The SMILES string of the molecule is C=P(C)(NC1[C@@H](CO)C[C@@H](C)[C@H]1O[Si](C)(C)C(C)(C)C)OCC1(C)C[C@@H](C)[C@@H](OC(c2ccccc2)(c2ccc(OC)cc2)c2ccc(OC)cc2)C1(C)C. The highest BCUT2D eigenvalue weighted by Gasteiger charge is 2.59. The minimum Gasteiger partial charge on any atom is -0.497 e. The molecule has 0 amide bonds. The summed E-state index contributed by atoms with van der Waals surface area (Å²) in [6, 6.07) is 27.1. The van der Waals surface area contributed by atoms with Crippen LogP contribution in [0.15, 0.2) is 78.9 Å². The van der Waals surface area contributed by atoms with Gasteiger partial charge in [-0.25, -0.2) is 0 Å². The van der Waals surface area contributed by atoms with Crippen molar-refractivity contribution in [3.05, 3.63) is 95.6 Å². The monoisotopic (exact) mass is 791 g/mol. The molecular formula is C46H70NO6PSi. The number of benzene rings is 3. The van der Waals surface area contributed by atoms with Crippen molar-refractivity contribution in [2.45, 2.75) is 110 Å². The Morgan fingerprint density at radius 1 is 0.836 bits per heavy atom. The lowest BCUT2D eigenvalue weighted by Crippen LogP contribution is -2.51. The van der Waals surface area contributed by atoms with Gasteiger partial charge in [-0.2, -0.15) is 0 Å². The third-order valence-corrected chi connectivity index (χ3v) is 19.7. The second-order valence-corrected chi connectivity index (χ2v) is 26.5. The molecule has 55 heavy (non-hydrogen) atoms. The van der Waals surface area contributed by atoms with Crippen molar-refractivity contribution in [3.63, 3.8) is 0 Å². The van der Waals surface area contributed by atoms with Crippen LogP contribution >= 0.6 is 7.26 Å². The molecule has 8 atom stereocenters. The van der Waals surface area contributed by atoms with Gasteiger partial charge in [0.15, 0.2) is 8.32 Å². The molecule has 0 radical (unpaired) electrons. The number of hydrogen-bond acceptors (Lipinski definition) is 7. The molecule has 0 aromatic heterocycles. The van der Waals surface area contributed by atoms with Crippen LogP contribution in [0.3, 0.4) is 0 Å². The maximum absolute atomic E-state index is 10.5. The predicted octanol–water partition coefficient (Wildman–Crippen LogP) is 10.4. The molecule has 3 aromatic carbocycles. The Labute approximate surface area is 334 Å². The summed E-state index contributed by atoms with van der Waals surface area (Å²) in [5.74, 6) is 2.23. The first-order valence-electron chi connectivity index (χ1n) is 20.1. The van der Waals surface area contributed by atoms with E-state index in [1.54, 1.807) is 14.2 Å². The molecule has 7 nitrogen and oxygen atoms in total. The van der Waals surface area contributed by atoms with E-state index in [-0.39, 0.29) is 52.6 Å². The zero-order valence-electron chi connectivity index (χ0n) is 35.9. The van der Waals surface area contributed by atoms with Crippen molar-refractivity contribution in [2.24, 2.45) is 28.6 Å². The Morgan fingerprint density at radius 3 is 1.82 bits per heavy atom. The van der Waals surface area contributed by atoms with Gasteiger partial charge >= 0.3 is 0 Å². The van der Waals surface area contributed by atoms with Gasteiger partial charge in [0.25, 0.3) is 0 Å². The van der Waals surface area contributed by atoms with Crippen LogP contribution in [0, 0.1) is 28.6 Å². The molecule has 0 spiro atoms. The first-order valence-corrected chi connectivity index (χ1v) is 25.3. The second kappa shape index (κ2) is 16.4. The number of methoxy groups -OCH3 is 2. The predicted molar refractivity (Wildman–Crippen MR) is 232 cm³/mol. The van der Waals surface area contributed by atoms with Crippen molar-refractivity contribution >= 4 is 21.9 Å². The standard InChI is InChI=1S/C46H70NO6PSi/c1-32-28-34(30-48)40(41(32)53-55(13,14)43(3,4)5)47-54(11,12)51-31-45(8)29-33(2)42(44(45,6)7)52-46(35-18-16-15-17-19-35,36-20-24-38(49-9)25-21-36)37-22-26-39(50-10)27-23-37/h15-27,32-34,40-42,47-48H,11,28-31H2,1-10,12-14H3/t32-,33-,34-,40?,41-,42-,45?,54?/m1/s1. The maximum atomic E-state index is 10.5. The highest BCUT2D eigenvalue weighted by molar-refractivity contribution is 7.66. The Hall–Kier alpha value is -2.42. The maximum Gasteiger partial charge on any atom is 0.192 e. The van der Waals surface area contributed by atoms with E-state index in [1.165, 1.54) is 0 Å². The largest absolute Gasteiger partial charge is 0.497 e. The van der Waals surface area contributed by atoms with Crippen LogP contribution in [0.5, 0.6) is 11.5 Å². The molecule has 304 valence electrons. The topological polar surface area (TPSA) is 78.4 Å². The lowest BCUT2D eigenvalue weighted by atomic mass is 9.68. The zero-order valence-corrected chi connectivity index (χ0v) is 37.8. The highest BCUT2D eigenvalue weighted by atomic mass is 31.2. The molecule has 0 bridgehead atoms. The molecule has 2 N–H and O–H groups in total. The molecular weight excluding hydrogens is 722 g/mol. The average molecular weight is 792 g/mol. The first-order chi connectivity index (χ1) is 25.6. The lowest BCUT2D eigenvalue weighted by Gasteiger charge is -2.47. The zero-order chi connectivity index (χ0) is 40.6. The van der Waals surface area contributed by atoms with Crippen LogP contribution < -0.4 is 14.6 Å². The number of aliphatic hydroxyl groups is 1. The van der Waals surface area contributed by atoms with E-state index in [0.29, 0.717) is 12.5 Å². The quantitative estimate of drug-likeness (QED) is 0.0902. The molecule has 0 saturated heterocycles. The van der Waals surface area contributed by atoms with Crippen molar-refractivity contribution < 1.29 is 28.3 Å². The van der Waals surface area contributed by atoms with E-state index >= 15 is 0 Å². The second-order valence-electron chi connectivity index (χ2n) is 19.0. The number of rotatable bonds is 15. The van der Waals surface area contributed by atoms with Gasteiger partial charge in [-0.05, 0) is 101 Å². The third kappa shape index (κ3) is 8.72. The summed E-state index contributed by atoms with van der Waals surface area (Å²) in [6.45, 7) is 25.9. The molecule has 3 unspecified atom stereocenters. The van der Waals surface area contributed by atoms with E-state index in [1.807, 2.05) is 24.3 Å². The molecule has 2 aliphatic rings. The van der Waals surface area contributed by atoms with Crippen molar-refractivity contribution in [1.29, 1.82) is 0 Å². The molecule has 3 aromatic rings. The summed E-state index contributed by atoms with van der Waals surface area (Å²) in [6.07, 6.45) is 6.40. The van der Waals surface area contributed by atoms with Gasteiger partial charge < -0.3 is 28.3 Å². The number of aliphatic hydroxyl groups excluding tert-OH is 1. The van der Waals surface area contributed by atoms with Crippen molar-refractivity contribution in [2.75, 3.05) is 34.1 Å². The first kappa shape index (κ1) is 43.7. The van der Waals surface area contributed by atoms with Crippen molar-refractivity contribution in [1.82, 2.24) is 5.09 Å². The van der Waals surface area contributed by atoms with Gasteiger partial charge in [-0.15, -0.1) is 0 Å². The van der Waals surface area contributed by atoms with E-state index in [0.717, 1.165) is 41.0 Å². The van der Waals surface area contributed by atoms with E-state index < -0.39 is 21.2 Å². The summed E-state index contributed by atoms with van der Waals surface area (Å²) < 4.78 is 33.1. The van der Waals surface area contributed by atoms with E-state index in [9.17, 15) is 5.11 Å². The molecule has 2 aliphatic carbocycles. The Kier molecular flexibility index (Phi) is 13.1. The highest BCUT2D eigenvalue weighted by Crippen LogP contribution is 2.60. The number of ether oxygens (including phenoxy) is 3. The molecule has 2 fully saturated rings. The number of nitrogens with one attached hydrogen (secondary N) is 1. The summed E-state index contributed by atoms with van der Waals surface area (Å²) in [5.41, 5.74) is 1.66. The van der Waals surface area contributed by atoms with Crippen molar-refractivity contribution in [3.8, 4) is 11.5 Å². The third-order valence-electron chi connectivity index (χ3n) is 13.7. The fraction of sp³-hybridized carbons (Fsp3) is 0.587. The van der Waals surface area contributed by atoms with Gasteiger partial charge in [0.05, 0.1) is 40.3 Å². The van der Waals surface area contributed by atoms with Crippen LogP contribution in [0.1, 0.15) is 84.9 Å². The molecule has 9 heteroatoms. The average Bonchev–Trinajstić information content (AvgIpc) is 3.51. The molecule has 5 rings (SSSR count). The van der Waals surface area contributed by atoms with Crippen LogP contribution in [0.2, 0.25) is 18.1 Å². The molecule has 0 aliphatic heterocycles. The summed E-state index contributed by atoms with van der Waals surface area (Å²) in [4.78, 5) is 0. The minimum atomic E-state index is -2.34. The van der Waals surface area contributed by atoms with Crippen LogP contribution in [0.4, 0.5) is 0 Å². The summed E-state index contributed by atoms with van der Waals surface area (Å²) in [5, 5.41) is 14.5. The van der Waals surface area contributed by atoms with Crippen LogP contribution in [-0.2, 0) is 19.3 Å². The van der Waals surface area contributed by atoms with Crippen LogP contribution in [0.25, 0.3) is 0 Å². The fourth-order valence-corrected chi connectivity index (χ4v) is 12.0. The van der Waals surface area contributed by atoms with Gasteiger partial charge in [0, 0.05) is 18.6 Å². The van der Waals surface area contributed by atoms with Gasteiger partial charge in [-0.1, -0.05) is 116 Å². The molecule has 0 heterocycles. The van der Waals surface area contributed by atoms with Crippen LogP contribution in [-0.4, -0.2) is 72.1 Å². The van der Waals surface area contributed by atoms with Gasteiger partial charge in [-0.3, -0.25) is 5.09 Å². The number of hydrogen-bond donors (Lipinski definition) is 2. The smallest absolute Gasteiger partial charge is 0.192 e. The van der Waals surface area contributed by atoms with Gasteiger partial charge in [0.1, 0.15) is 17.1 Å². The Morgan fingerprint density at radius 2 is 1.35 bits per heavy atom.